The highest BCUT2D eigenvalue weighted by atomic mass is 16.3. The lowest BCUT2D eigenvalue weighted by molar-refractivity contribution is 0.168. The molecule has 5 nitrogen and oxygen atoms in total. The van der Waals surface area contributed by atoms with E-state index >= 15 is 0 Å². The van der Waals surface area contributed by atoms with Crippen molar-refractivity contribution in [2.45, 2.75) is 84.3 Å². The molecule has 1 unspecified atom stereocenters. The highest BCUT2D eigenvalue weighted by Gasteiger charge is 2.13. The molecule has 0 radical (unpaired) electrons. The van der Waals surface area contributed by atoms with Crippen LogP contribution in [0.2, 0.25) is 0 Å². The third kappa shape index (κ3) is 9.28. The van der Waals surface area contributed by atoms with Crippen LogP contribution in [0.25, 0.3) is 0 Å². The number of nitrogens with zero attached hydrogens (tertiary/aromatic N) is 1. The topological polar surface area (TPSA) is 59.6 Å². The van der Waals surface area contributed by atoms with Gasteiger partial charge in [0.2, 0.25) is 0 Å². The van der Waals surface area contributed by atoms with Crippen LogP contribution in [0.5, 0.6) is 0 Å². The van der Waals surface area contributed by atoms with E-state index in [1.54, 1.807) is 0 Å². The number of hydrogen-bond donors (Lipinski definition) is 4. The predicted molar refractivity (Wildman–Crippen MR) is 92.8 cm³/mol. The summed E-state index contributed by atoms with van der Waals surface area (Å²) in [6, 6.07) is 0. The van der Waals surface area contributed by atoms with Crippen molar-refractivity contribution in [2.75, 3.05) is 13.1 Å². The van der Waals surface area contributed by atoms with Crippen LogP contribution in [0, 0.1) is 0 Å². The van der Waals surface area contributed by atoms with Gasteiger partial charge < -0.3 is 15.8 Å². The van der Waals surface area contributed by atoms with E-state index in [0.717, 1.165) is 25.2 Å². The summed E-state index contributed by atoms with van der Waals surface area (Å²) in [4.78, 5) is 0. The molecule has 22 heavy (non-hydrogen) atoms. The standard InChI is InChI=1S/C17H36N4O/c1-5-16(22)13-15-14-21(20-19-15)12-10-8-6-7-9-11-18-17(2,3)4/h14,16,18-20,22H,5-13H2,1-4H3. The van der Waals surface area contributed by atoms with Gasteiger partial charge in [-0.25, -0.2) is 0 Å². The fourth-order valence-electron chi connectivity index (χ4n) is 2.42. The molecule has 0 aromatic rings. The summed E-state index contributed by atoms with van der Waals surface area (Å²) in [5.41, 5.74) is 7.57. The molecular weight excluding hydrogens is 276 g/mol. The lowest BCUT2D eigenvalue weighted by Crippen LogP contribution is -2.37. The second-order valence-electron chi connectivity index (χ2n) is 7.30. The van der Waals surface area contributed by atoms with E-state index in [1.165, 1.54) is 32.1 Å². The first kappa shape index (κ1) is 19.3. The summed E-state index contributed by atoms with van der Waals surface area (Å²) < 4.78 is 0. The van der Waals surface area contributed by atoms with Crippen molar-refractivity contribution >= 4 is 0 Å². The molecule has 0 aromatic heterocycles. The summed E-state index contributed by atoms with van der Waals surface area (Å²) in [6.45, 7) is 10.8. The fraction of sp³-hybridized carbons (Fsp3) is 0.882. The minimum absolute atomic E-state index is 0.240. The van der Waals surface area contributed by atoms with E-state index in [4.69, 9.17) is 0 Å². The number of hydrogen-bond acceptors (Lipinski definition) is 5. The Morgan fingerprint density at radius 1 is 1.18 bits per heavy atom. The molecule has 4 N–H and O–H groups in total. The van der Waals surface area contributed by atoms with E-state index in [0.29, 0.717) is 6.42 Å². The van der Waals surface area contributed by atoms with Crippen LogP contribution in [0.3, 0.4) is 0 Å². The Labute approximate surface area is 136 Å². The van der Waals surface area contributed by atoms with Crippen LogP contribution in [-0.4, -0.2) is 34.8 Å². The van der Waals surface area contributed by atoms with E-state index in [9.17, 15) is 5.11 Å². The van der Waals surface area contributed by atoms with Crippen molar-refractivity contribution in [2.24, 2.45) is 0 Å². The summed E-state index contributed by atoms with van der Waals surface area (Å²) in [6.07, 6.45) is 9.66. The highest BCUT2D eigenvalue weighted by Crippen LogP contribution is 2.11. The van der Waals surface area contributed by atoms with Crippen LogP contribution >= 0.6 is 0 Å². The zero-order valence-corrected chi connectivity index (χ0v) is 14.9. The number of hydrazine groups is 2. The molecule has 0 bridgehead atoms. The van der Waals surface area contributed by atoms with Crippen molar-refractivity contribution in [1.29, 1.82) is 0 Å². The summed E-state index contributed by atoms with van der Waals surface area (Å²) >= 11 is 0. The number of aliphatic hydroxyl groups is 1. The Morgan fingerprint density at radius 2 is 1.86 bits per heavy atom. The largest absolute Gasteiger partial charge is 0.393 e. The number of unbranched alkanes of at least 4 members (excludes halogenated alkanes) is 4. The van der Waals surface area contributed by atoms with Crippen LogP contribution < -0.4 is 16.3 Å². The Balaban J connectivity index is 1.97. The molecule has 0 amide bonds. The van der Waals surface area contributed by atoms with Gasteiger partial charge in [0.1, 0.15) is 0 Å². The van der Waals surface area contributed by atoms with Gasteiger partial charge in [-0.3, -0.25) is 5.01 Å². The summed E-state index contributed by atoms with van der Waals surface area (Å²) in [5.74, 6) is 0. The third-order valence-electron chi connectivity index (χ3n) is 3.83. The molecule has 0 saturated carbocycles. The van der Waals surface area contributed by atoms with Crippen molar-refractivity contribution in [3.63, 3.8) is 0 Å². The summed E-state index contributed by atoms with van der Waals surface area (Å²) in [5, 5.41) is 15.2. The average Bonchev–Trinajstić information content (AvgIpc) is 2.88. The maximum absolute atomic E-state index is 9.64. The molecule has 1 heterocycles. The Morgan fingerprint density at radius 3 is 2.55 bits per heavy atom. The van der Waals surface area contributed by atoms with Crippen LogP contribution in [0.4, 0.5) is 0 Å². The summed E-state index contributed by atoms with van der Waals surface area (Å²) in [7, 11) is 0. The molecule has 0 aromatic carbocycles. The lowest BCUT2D eigenvalue weighted by Gasteiger charge is -2.20. The fourth-order valence-corrected chi connectivity index (χ4v) is 2.42. The first-order valence-electron chi connectivity index (χ1n) is 8.83. The molecule has 5 heteroatoms. The predicted octanol–water partition coefficient (Wildman–Crippen LogP) is 2.65. The van der Waals surface area contributed by atoms with Crippen molar-refractivity contribution in [3.05, 3.63) is 11.9 Å². The maximum Gasteiger partial charge on any atom is 0.0593 e. The first-order valence-corrected chi connectivity index (χ1v) is 8.83. The molecule has 1 atom stereocenters. The average molecular weight is 313 g/mol. The van der Waals surface area contributed by atoms with Crippen molar-refractivity contribution < 1.29 is 5.11 Å². The molecular formula is C17H36N4O. The van der Waals surface area contributed by atoms with Gasteiger partial charge in [-0.2, -0.15) is 0 Å². The van der Waals surface area contributed by atoms with Crippen molar-refractivity contribution in [3.8, 4) is 0 Å². The van der Waals surface area contributed by atoms with Gasteiger partial charge in [-0.15, -0.1) is 5.53 Å². The Bertz CT molecular complexity index is 325. The van der Waals surface area contributed by atoms with Gasteiger partial charge in [-0.1, -0.05) is 26.2 Å². The van der Waals surface area contributed by atoms with E-state index in [-0.39, 0.29) is 11.6 Å². The first-order chi connectivity index (χ1) is 10.4. The minimum atomic E-state index is -0.248. The monoisotopic (exact) mass is 312 g/mol. The molecule has 0 spiro atoms. The van der Waals surface area contributed by atoms with Gasteiger partial charge >= 0.3 is 0 Å². The maximum atomic E-state index is 9.64. The highest BCUT2D eigenvalue weighted by molar-refractivity contribution is 5.02. The third-order valence-corrected chi connectivity index (χ3v) is 3.83. The van der Waals surface area contributed by atoms with E-state index in [2.05, 4.69) is 48.3 Å². The quantitative estimate of drug-likeness (QED) is 0.442. The molecule has 0 fully saturated rings. The minimum Gasteiger partial charge on any atom is -0.393 e. The molecule has 0 saturated heterocycles. The number of aliphatic hydroxyl groups excluding tert-OH is 1. The van der Waals surface area contributed by atoms with Crippen LogP contribution in [-0.2, 0) is 0 Å². The SMILES string of the molecule is CCC(O)CC1=CN(CCCCCCCNC(C)(C)C)NN1. The molecule has 1 aliphatic heterocycles. The number of rotatable bonds is 11. The molecule has 0 aliphatic carbocycles. The zero-order chi connectivity index (χ0) is 16.4. The molecule has 1 aliphatic rings. The van der Waals surface area contributed by atoms with Crippen LogP contribution in [0.1, 0.15) is 72.6 Å². The van der Waals surface area contributed by atoms with E-state index < -0.39 is 0 Å². The second-order valence-corrected chi connectivity index (χ2v) is 7.30. The second kappa shape index (κ2) is 10.1. The zero-order valence-electron chi connectivity index (χ0n) is 14.9. The molecule has 130 valence electrons. The Kier molecular flexibility index (Phi) is 8.83. The van der Waals surface area contributed by atoms with E-state index in [1.807, 2.05) is 6.92 Å². The smallest absolute Gasteiger partial charge is 0.0593 e. The molecule has 1 rings (SSSR count). The van der Waals surface area contributed by atoms with Gasteiger partial charge in [0, 0.05) is 30.4 Å². The van der Waals surface area contributed by atoms with Gasteiger partial charge in [0.25, 0.3) is 0 Å². The lowest BCUT2D eigenvalue weighted by atomic mass is 10.1. The van der Waals surface area contributed by atoms with Crippen LogP contribution in [0.15, 0.2) is 11.9 Å². The van der Waals surface area contributed by atoms with Gasteiger partial charge in [-0.05, 0) is 46.6 Å². The number of nitrogens with one attached hydrogen (secondary N) is 3. The van der Waals surface area contributed by atoms with Gasteiger partial charge in [0.15, 0.2) is 0 Å². The van der Waals surface area contributed by atoms with Crippen molar-refractivity contribution in [1.82, 2.24) is 21.3 Å². The normalized spacial score (nSPS) is 16.6. The Hall–Kier alpha value is -0.780. The van der Waals surface area contributed by atoms with Gasteiger partial charge in [0.05, 0.1) is 6.10 Å².